The van der Waals surface area contributed by atoms with E-state index in [4.69, 9.17) is 4.74 Å². The number of aryl methyl sites for hydroxylation is 3. The molecule has 0 bridgehead atoms. The van der Waals surface area contributed by atoms with Crippen molar-refractivity contribution in [3.8, 4) is 28.3 Å². The van der Waals surface area contributed by atoms with Gasteiger partial charge in [-0.1, -0.05) is 24.3 Å². The summed E-state index contributed by atoms with van der Waals surface area (Å²) in [5.41, 5.74) is 5.10. The van der Waals surface area contributed by atoms with E-state index in [2.05, 4.69) is 10.3 Å². The number of carbonyl (C=O) groups excluding carboxylic acids is 1. The van der Waals surface area contributed by atoms with Crippen LogP contribution in [-0.4, -0.2) is 54.8 Å². The standard InChI is InChI=1S/C28H30N4O5S/c1-17-9-7-10-18(2)25(17)23-15-20(13-14-24(23)37-6)27-29-19(3)26(32(27)34)28(33)30-21-11-8-12-22(16-21)38(35,36)31(4)5/h7-16,34H,1-6H3,(H,30,33). The molecule has 2 N–H and O–H groups in total. The molecule has 0 fully saturated rings. The summed E-state index contributed by atoms with van der Waals surface area (Å²) in [7, 11) is 0.782. The summed E-state index contributed by atoms with van der Waals surface area (Å²) in [6.07, 6.45) is 0. The quantitative estimate of drug-likeness (QED) is 0.326. The fourth-order valence-electron chi connectivity index (χ4n) is 4.38. The van der Waals surface area contributed by atoms with Gasteiger partial charge in [0.2, 0.25) is 10.0 Å². The molecule has 1 aromatic heterocycles. The molecule has 38 heavy (non-hydrogen) atoms. The molecule has 198 valence electrons. The summed E-state index contributed by atoms with van der Waals surface area (Å²) >= 11 is 0. The van der Waals surface area contributed by atoms with Crippen molar-refractivity contribution in [3.05, 3.63) is 83.2 Å². The smallest absolute Gasteiger partial charge is 0.277 e. The van der Waals surface area contributed by atoms with Crippen molar-refractivity contribution >= 4 is 21.6 Å². The largest absolute Gasteiger partial charge is 0.496 e. The molecule has 3 aromatic carbocycles. The van der Waals surface area contributed by atoms with Gasteiger partial charge in [0.25, 0.3) is 5.91 Å². The molecule has 0 aliphatic heterocycles. The Bertz CT molecular complexity index is 1620. The molecule has 0 radical (unpaired) electrons. The van der Waals surface area contributed by atoms with E-state index in [0.29, 0.717) is 17.0 Å². The van der Waals surface area contributed by atoms with Gasteiger partial charge in [-0.25, -0.2) is 17.7 Å². The van der Waals surface area contributed by atoms with E-state index in [0.717, 1.165) is 31.3 Å². The van der Waals surface area contributed by atoms with E-state index in [-0.39, 0.29) is 22.1 Å². The highest BCUT2D eigenvalue weighted by molar-refractivity contribution is 7.89. The molecule has 4 aromatic rings. The van der Waals surface area contributed by atoms with Gasteiger partial charge in [0, 0.05) is 30.9 Å². The lowest BCUT2D eigenvalue weighted by Crippen LogP contribution is -2.22. The van der Waals surface area contributed by atoms with Gasteiger partial charge in [0.15, 0.2) is 11.5 Å². The summed E-state index contributed by atoms with van der Waals surface area (Å²) in [4.78, 5) is 17.7. The highest BCUT2D eigenvalue weighted by Gasteiger charge is 2.24. The summed E-state index contributed by atoms with van der Waals surface area (Å²) in [5, 5.41) is 13.7. The van der Waals surface area contributed by atoms with Gasteiger partial charge in [-0.3, -0.25) is 4.79 Å². The van der Waals surface area contributed by atoms with E-state index in [1.165, 1.54) is 32.3 Å². The van der Waals surface area contributed by atoms with Crippen molar-refractivity contribution in [1.29, 1.82) is 0 Å². The second-order valence-corrected chi connectivity index (χ2v) is 11.3. The van der Waals surface area contributed by atoms with E-state index in [1.54, 1.807) is 32.2 Å². The number of nitrogens with one attached hydrogen (secondary N) is 1. The van der Waals surface area contributed by atoms with Crippen molar-refractivity contribution in [2.24, 2.45) is 0 Å². The predicted molar refractivity (Wildman–Crippen MR) is 146 cm³/mol. The number of hydrogen-bond acceptors (Lipinski definition) is 6. The van der Waals surface area contributed by atoms with Gasteiger partial charge in [-0.2, -0.15) is 4.73 Å². The molecule has 0 aliphatic carbocycles. The Balaban J connectivity index is 1.72. The van der Waals surface area contributed by atoms with Crippen molar-refractivity contribution in [3.63, 3.8) is 0 Å². The number of benzene rings is 3. The van der Waals surface area contributed by atoms with Crippen molar-refractivity contribution in [2.45, 2.75) is 25.7 Å². The zero-order chi connectivity index (χ0) is 27.8. The number of hydrogen-bond donors (Lipinski definition) is 2. The van der Waals surface area contributed by atoms with Crippen molar-refractivity contribution < 1.29 is 23.2 Å². The summed E-state index contributed by atoms with van der Waals surface area (Å²) < 4.78 is 32.4. The average molecular weight is 535 g/mol. The molecular weight excluding hydrogens is 504 g/mol. The molecule has 1 heterocycles. The summed E-state index contributed by atoms with van der Waals surface area (Å²) in [5.74, 6) is 0.225. The minimum atomic E-state index is -3.68. The number of sulfonamides is 1. The number of nitrogens with zero attached hydrogens (tertiary/aromatic N) is 3. The maximum absolute atomic E-state index is 13.2. The fraction of sp³-hybridized carbons (Fsp3) is 0.214. The first-order valence-electron chi connectivity index (χ1n) is 11.8. The molecule has 0 aliphatic rings. The number of anilines is 1. The maximum Gasteiger partial charge on any atom is 0.277 e. The van der Waals surface area contributed by atoms with Gasteiger partial charge in [0.05, 0.1) is 17.7 Å². The predicted octanol–water partition coefficient (Wildman–Crippen LogP) is 4.89. The highest BCUT2D eigenvalue weighted by Crippen LogP contribution is 2.37. The maximum atomic E-state index is 13.2. The monoisotopic (exact) mass is 534 g/mol. The zero-order valence-corrected chi connectivity index (χ0v) is 22.9. The summed E-state index contributed by atoms with van der Waals surface area (Å²) in [6.45, 7) is 5.66. The second-order valence-electron chi connectivity index (χ2n) is 9.13. The molecule has 9 nitrogen and oxygen atoms in total. The Morgan fingerprint density at radius 3 is 2.29 bits per heavy atom. The van der Waals surface area contributed by atoms with Crippen LogP contribution in [0.5, 0.6) is 5.75 Å². The zero-order valence-electron chi connectivity index (χ0n) is 22.1. The minimum Gasteiger partial charge on any atom is -0.496 e. The topological polar surface area (TPSA) is 114 Å². The number of methoxy groups -OCH3 is 1. The average Bonchev–Trinajstić information content (AvgIpc) is 3.17. The van der Waals surface area contributed by atoms with E-state index >= 15 is 0 Å². The fourth-order valence-corrected chi connectivity index (χ4v) is 5.33. The van der Waals surface area contributed by atoms with Crippen LogP contribution < -0.4 is 10.1 Å². The van der Waals surface area contributed by atoms with E-state index < -0.39 is 15.9 Å². The van der Waals surface area contributed by atoms with Crippen LogP contribution in [0.3, 0.4) is 0 Å². The Hall–Kier alpha value is -4.15. The first-order chi connectivity index (χ1) is 17.9. The Morgan fingerprint density at radius 2 is 1.66 bits per heavy atom. The second kappa shape index (κ2) is 10.3. The number of imidazole rings is 1. The lowest BCUT2D eigenvalue weighted by molar-refractivity contribution is 0.0974. The van der Waals surface area contributed by atoms with E-state index in [1.807, 2.05) is 38.1 Å². The molecule has 0 atom stereocenters. The van der Waals surface area contributed by atoms with Gasteiger partial charge in [0.1, 0.15) is 5.75 Å². The van der Waals surface area contributed by atoms with Crippen LogP contribution in [0, 0.1) is 20.8 Å². The van der Waals surface area contributed by atoms with Crippen molar-refractivity contribution in [2.75, 3.05) is 26.5 Å². The van der Waals surface area contributed by atoms with Crippen LogP contribution in [0.1, 0.15) is 27.3 Å². The van der Waals surface area contributed by atoms with Gasteiger partial charge in [-0.15, -0.1) is 0 Å². The molecule has 0 saturated carbocycles. The summed E-state index contributed by atoms with van der Waals surface area (Å²) in [6, 6.07) is 17.4. The molecular formula is C28H30N4O5S. The van der Waals surface area contributed by atoms with Gasteiger partial charge < -0.3 is 15.3 Å². The van der Waals surface area contributed by atoms with Gasteiger partial charge >= 0.3 is 0 Å². The normalized spacial score (nSPS) is 11.6. The third-order valence-corrected chi connectivity index (χ3v) is 8.13. The van der Waals surface area contributed by atoms with Crippen LogP contribution in [0.4, 0.5) is 5.69 Å². The molecule has 0 saturated heterocycles. The molecule has 0 unspecified atom stereocenters. The molecule has 0 spiro atoms. The Morgan fingerprint density at radius 1 is 1.00 bits per heavy atom. The Labute approximate surface area is 222 Å². The third-order valence-electron chi connectivity index (χ3n) is 6.32. The molecule has 1 amide bonds. The molecule has 4 rings (SSSR count). The number of aromatic nitrogens is 2. The number of amides is 1. The van der Waals surface area contributed by atoms with Crippen LogP contribution in [0.25, 0.3) is 22.5 Å². The number of rotatable bonds is 7. The first kappa shape index (κ1) is 26.9. The van der Waals surface area contributed by atoms with Crippen molar-refractivity contribution in [1.82, 2.24) is 14.0 Å². The van der Waals surface area contributed by atoms with Crippen LogP contribution in [0.15, 0.2) is 65.6 Å². The SMILES string of the molecule is COc1ccc(-c2nc(C)c(C(=O)Nc3cccc(S(=O)(=O)N(C)C)c3)n2O)cc1-c1c(C)cccc1C. The van der Waals surface area contributed by atoms with Crippen LogP contribution in [0.2, 0.25) is 0 Å². The van der Waals surface area contributed by atoms with Gasteiger partial charge in [-0.05, 0) is 73.9 Å². The minimum absolute atomic E-state index is 0.0347. The highest BCUT2D eigenvalue weighted by atomic mass is 32.2. The lowest BCUT2D eigenvalue weighted by atomic mass is 9.93. The third kappa shape index (κ3) is 4.88. The van der Waals surface area contributed by atoms with Crippen LogP contribution >= 0.6 is 0 Å². The lowest BCUT2D eigenvalue weighted by Gasteiger charge is -2.15. The first-order valence-corrected chi connectivity index (χ1v) is 13.3. The number of ether oxygens (including phenoxy) is 1. The number of carbonyl (C=O) groups is 1. The Kier molecular flexibility index (Phi) is 7.30. The molecule has 10 heteroatoms. The van der Waals surface area contributed by atoms with Crippen LogP contribution in [-0.2, 0) is 10.0 Å². The van der Waals surface area contributed by atoms with E-state index in [9.17, 15) is 18.4 Å².